The largest absolute Gasteiger partial charge is 0.376 e. The summed E-state index contributed by atoms with van der Waals surface area (Å²) in [6.07, 6.45) is 0.946. The van der Waals surface area contributed by atoms with E-state index in [0.717, 1.165) is 28.9 Å². The molecule has 122 valence electrons. The Labute approximate surface area is 139 Å². The van der Waals surface area contributed by atoms with Gasteiger partial charge in [0.25, 0.3) is 0 Å². The van der Waals surface area contributed by atoms with E-state index < -0.39 is 0 Å². The molecule has 0 spiro atoms. The van der Waals surface area contributed by atoms with Gasteiger partial charge in [0.1, 0.15) is 0 Å². The fourth-order valence-corrected chi connectivity index (χ4v) is 3.01. The highest BCUT2D eigenvalue weighted by Gasteiger charge is 2.10. The second kappa shape index (κ2) is 7.32. The summed E-state index contributed by atoms with van der Waals surface area (Å²) in [4.78, 5) is 12.3. The van der Waals surface area contributed by atoms with Crippen LogP contribution in [0.25, 0.3) is 0 Å². The fourth-order valence-electron chi connectivity index (χ4n) is 3.01. The lowest BCUT2D eigenvalue weighted by Crippen LogP contribution is -2.23. The van der Waals surface area contributed by atoms with Gasteiger partial charge in [0.15, 0.2) is 0 Å². The van der Waals surface area contributed by atoms with Gasteiger partial charge in [-0.15, -0.1) is 0 Å². The van der Waals surface area contributed by atoms with Gasteiger partial charge in [-0.05, 0) is 56.4 Å². The van der Waals surface area contributed by atoms with Crippen LogP contribution < -0.4 is 10.6 Å². The Kier molecular flexibility index (Phi) is 5.43. The van der Waals surface area contributed by atoms with Crippen LogP contribution in [0, 0.1) is 27.7 Å². The summed E-state index contributed by atoms with van der Waals surface area (Å²) in [6.45, 7) is 10.6. The molecule has 0 aliphatic heterocycles. The summed E-state index contributed by atoms with van der Waals surface area (Å²) in [5.74, 6) is -0.0228. The van der Waals surface area contributed by atoms with Gasteiger partial charge in [-0.2, -0.15) is 0 Å². The molecule has 2 rings (SSSR count). The van der Waals surface area contributed by atoms with E-state index in [1.54, 1.807) is 0 Å². The van der Waals surface area contributed by atoms with E-state index >= 15 is 0 Å². The highest BCUT2D eigenvalue weighted by atomic mass is 16.1. The minimum atomic E-state index is -0.0228. The maximum absolute atomic E-state index is 12.3. The zero-order valence-corrected chi connectivity index (χ0v) is 14.7. The SMILES string of the molecule is CCc1cccc(C)c1NCC(=O)Nc1c(C)cc(C)cc1C. The van der Waals surface area contributed by atoms with Crippen molar-refractivity contribution in [2.45, 2.75) is 41.0 Å². The van der Waals surface area contributed by atoms with Crippen molar-refractivity contribution in [2.75, 3.05) is 17.2 Å². The number of anilines is 2. The Bertz CT molecular complexity index is 697. The maximum atomic E-state index is 12.3. The van der Waals surface area contributed by atoms with E-state index in [-0.39, 0.29) is 12.5 Å². The van der Waals surface area contributed by atoms with E-state index in [9.17, 15) is 4.79 Å². The first-order chi connectivity index (χ1) is 10.9. The third kappa shape index (κ3) is 4.13. The number of hydrogen-bond acceptors (Lipinski definition) is 2. The lowest BCUT2D eigenvalue weighted by molar-refractivity contribution is -0.114. The molecular formula is C20H26N2O. The molecule has 2 aromatic rings. The normalized spacial score (nSPS) is 10.5. The molecule has 0 unspecified atom stereocenters. The number of para-hydroxylation sites is 1. The van der Waals surface area contributed by atoms with Crippen molar-refractivity contribution in [3.63, 3.8) is 0 Å². The van der Waals surface area contributed by atoms with Crippen molar-refractivity contribution in [3.05, 3.63) is 58.1 Å². The Morgan fingerprint density at radius 1 is 0.957 bits per heavy atom. The van der Waals surface area contributed by atoms with Crippen molar-refractivity contribution in [3.8, 4) is 0 Å². The monoisotopic (exact) mass is 310 g/mol. The minimum absolute atomic E-state index is 0.0228. The molecule has 0 heterocycles. The number of aryl methyl sites for hydroxylation is 5. The predicted octanol–water partition coefficient (Wildman–Crippen LogP) is 4.53. The average molecular weight is 310 g/mol. The number of carbonyl (C=O) groups excluding carboxylic acids is 1. The summed E-state index contributed by atoms with van der Waals surface area (Å²) in [7, 11) is 0. The van der Waals surface area contributed by atoms with Gasteiger partial charge in [0, 0.05) is 11.4 Å². The van der Waals surface area contributed by atoms with E-state index in [0.29, 0.717) is 0 Å². The molecule has 2 aromatic carbocycles. The number of nitrogens with one attached hydrogen (secondary N) is 2. The molecule has 0 saturated heterocycles. The van der Waals surface area contributed by atoms with Gasteiger partial charge in [0.05, 0.1) is 6.54 Å². The molecule has 0 aliphatic carbocycles. The van der Waals surface area contributed by atoms with Gasteiger partial charge in [-0.1, -0.05) is 42.8 Å². The average Bonchev–Trinajstić information content (AvgIpc) is 2.49. The molecule has 0 aromatic heterocycles. The highest BCUT2D eigenvalue weighted by molar-refractivity contribution is 5.95. The van der Waals surface area contributed by atoms with Crippen LogP contribution >= 0.6 is 0 Å². The smallest absolute Gasteiger partial charge is 0.243 e. The van der Waals surface area contributed by atoms with Crippen LogP contribution in [0.5, 0.6) is 0 Å². The van der Waals surface area contributed by atoms with Crippen LogP contribution in [0.1, 0.15) is 34.7 Å². The molecule has 0 radical (unpaired) electrons. The molecule has 1 amide bonds. The van der Waals surface area contributed by atoms with Gasteiger partial charge >= 0.3 is 0 Å². The summed E-state index contributed by atoms with van der Waals surface area (Å²) in [6, 6.07) is 10.4. The molecule has 3 heteroatoms. The molecule has 0 fully saturated rings. The molecule has 3 nitrogen and oxygen atoms in total. The number of carbonyl (C=O) groups is 1. The van der Waals surface area contributed by atoms with Crippen LogP contribution in [0.4, 0.5) is 11.4 Å². The number of benzene rings is 2. The number of amides is 1. The van der Waals surface area contributed by atoms with Crippen molar-refractivity contribution in [2.24, 2.45) is 0 Å². The second-order valence-electron chi connectivity index (χ2n) is 6.14. The molecule has 0 aliphatic rings. The molecule has 23 heavy (non-hydrogen) atoms. The first kappa shape index (κ1) is 17.1. The van der Waals surface area contributed by atoms with Crippen LogP contribution in [0.3, 0.4) is 0 Å². The molecule has 0 bridgehead atoms. The Balaban J connectivity index is 2.07. The first-order valence-corrected chi connectivity index (χ1v) is 8.12. The quantitative estimate of drug-likeness (QED) is 0.851. The Hall–Kier alpha value is -2.29. The van der Waals surface area contributed by atoms with Crippen molar-refractivity contribution in [1.82, 2.24) is 0 Å². The molecular weight excluding hydrogens is 284 g/mol. The van der Waals surface area contributed by atoms with Gasteiger partial charge in [0.2, 0.25) is 5.91 Å². The van der Waals surface area contributed by atoms with Gasteiger partial charge < -0.3 is 10.6 Å². The lowest BCUT2D eigenvalue weighted by atomic mass is 10.0. The van der Waals surface area contributed by atoms with Gasteiger partial charge in [-0.3, -0.25) is 4.79 Å². The highest BCUT2D eigenvalue weighted by Crippen LogP contribution is 2.23. The van der Waals surface area contributed by atoms with E-state index in [4.69, 9.17) is 0 Å². The second-order valence-corrected chi connectivity index (χ2v) is 6.14. The lowest BCUT2D eigenvalue weighted by Gasteiger charge is -2.16. The first-order valence-electron chi connectivity index (χ1n) is 8.12. The summed E-state index contributed by atoms with van der Waals surface area (Å²) >= 11 is 0. The minimum Gasteiger partial charge on any atom is -0.376 e. The molecule has 0 atom stereocenters. The van der Waals surface area contributed by atoms with Crippen LogP contribution in [0.2, 0.25) is 0 Å². The molecule has 0 saturated carbocycles. The Morgan fingerprint density at radius 2 is 1.61 bits per heavy atom. The maximum Gasteiger partial charge on any atom is 0.243 e. The van der Waals surface area contributed by atoms with Gasteiger partial charge in [-0.25, -0.2) is 0 Å². The van der Waals surface area contributed by atoms with E-state index in [1.807, 2.05) is 13.8 Å². The Morgan fingerprint density at radius 3 is 2.22 bits per heavy atom. The zero-order valence-electron chi connectivity index (χ0n) is 14.7. The van der Waals surface area contributed by atoms with E-state index in [2.05, 4.69) is 61.7 Å². The zero-order chi connectivity index (χ0) is 17.0. The van der Waals surface area contributed by atoms with Crippen molar-refractivity contribution in [1.29, 1.82) is 0 Å². The third-order valence-corrected chi connectivity index (χ3v) is 4.11. The number of hydrogen-bond donors (Lipinski definition) is 2. The summed E-state index contributed by atoms with van der Waals surface area (Å²) in [5.41, 5.74) is 7.80. The van der Waals surface area contributed by atoms with Crippen molar-refractivity contribution >= 4 is 17.3 Å². The van der Waals surface area contributed by atoms with Crippen LogP contribution in [-0.2, 0) is 11.2 Å². The summed E-state index contributed by atoms with van der Waals surface area (Å²) < 4.78 is 0. The van der Waals surface area contributed by atoms with E-state index in [1.165, 1.54) is 16.7 Å². The predicted molar refractivity (Wildman–Crippen MR) is 98.3 cm³/mol. The molecule has 2 N–H and O–H groups in total. The van der Waals surface area contributed by atoms with Crippen LogP contribution in [-0.4, -0.2) is 12.5 Å². The topological polar surface area (TPSA) is 41.1 Å². The third-order valence-electron chi connectivity index (χ3n) is 4.11. The standard InChI is InChI=1S/C20H26N2O/c1-6-17-9-7-8-14(3)20(17)21-12-18(23)22-19-15(4)10-13(2)11-16(19)5/h7-11,21H,6,12H2,1-5H3,(H,22,23). The van der Waals surface area contributed by atoms with Crippen molar-refractivity contribution < 1.29 is 4.79 Å². The fraction of sp³-hybridized carbons (Fsp3) is 0.350. The number of rotatable bonds is 5. The summed E-state index contributed by atoms with van der Waals surface area (Å²) in [5, 5.41) is 6.32. The van der Waals surface area contributed by atoms with Crippen LogP contribution in [0.15, 0.2) is 30.3 Å².